The molecule has 2 aromatic rings. The third-order valence-electron chi connectivity index (χ3n) is 4.89. The number of rotatable bonds is 6. The second-order valence-electron chi connectivity index (χ2n) is 7.41. The zero-order chi connectivity index (χ0) is 21.2. The van der Waals surface area contributed by atoms with Gasteiger partial charge < -0.3 is 9.47 Å². The maximum absolute atomic E-state index is 13.1. The van der Waals surface area contributed by atoms with E-state index >= 15 is 0 Å². The van der Waals surface area contributed by atoms with E-state index in [0.29, 0.717) is 24.6 Å². The molecule has 1 aliphatic heterocycles. The molecule has 0 bridgehead atoms. The Hall–Kier alpha value is -2.65. The first-order valence-corrected chi connectivity index (χ1v) is 10.8. The van der Waals surface area contributed by atoms with E-state index in [4.69, 9.17) is 9.47 Å². The number of methoxy groups -OCH3 is 1. The van der Waals surface area contributed by atoms with Gasteiger partial charge in [0.05, 0.1) is 16.9 Å². The van der Waals surface area contributed by atoms with Gasteiger partial charge in [-0.1, -0.05) is 26.0 Å². The average Bonchev–Trinajstić information content (AvgIpc) is 2.67. The van der Waals surface area contributed by atoms with Crippen LogP contribution in [0.15, 0.2) is 47.4 Å². The van der Waals surface area contributed by atoms with Gasteiger partial charge in [-0.25, -0.2) is 8.42 Å². The molecule has 156 valence electrons. The number of hydrogen-bond donors (Lipinski definition) is 0. The van der Waals surface area contributed by atoms with Crippen LogP contribution in [0.1, 0.15) is 20.3 Å². The monoisotopic (exact) mass is 420 g/mol. The lowest BCUT2D eigenvalue weighted by molar-refractivity contribution is -0.385. The first-order valence-electron chi connectivity index (χ1n) is 9.31. The quantitative estimate of drug-likeness (QED) is 0.516. The number of hydrogen-bond acceptors (Lipinski definition) is 6. The van der Waals surface area contributed by atoms with Crippen molar-refractivity contribution in [2.45, 2.75) is 25.2 Å². The third-order valence-corrected chi connectivity index (χ3v) is 6.72. The topological polar surface area (TPSA) is 99.0 Å². The molecule has 1 fully saturated rings. The summed E-state index contributed by atoms with van der Waals surface area (Å²) in [5.74, 6) is 1.12. The number of para-hydroxylation sites is 2. The summed E-state index contributed by atoms with van der Waals surface area (Å²) in [4.78, 5) is 10.9. The van der Waals surface area contributed by atoms with Crippen molar-refractivity contribution in [2.75, 3.05) is 20.2 Å². The van der Waals surface area contributed by atoms with Crippen LogP contribution in [0.4, 0.5) is 5.69 Å². The molecule has 0 unspecified atom stereocenters. The summed E-state index contributed by atoms with van der Waals surface area (Å²) < 4.78 is 38.4. The Morgan fingerprint density at radius 3 is 2.24 bits per heavy atom. The number of piperidine rings is 1. The van der Waals surface area contributed by atoms with E-state index in [1.165, 1.54) is 23.5 Å². The summed E-state index contributed by atoms with van der Waals surface area (Å²) in [5.41, 5.74) is -0.421. The first kappa shape index (κ1) is 21.1. The maximum Gasteiger partial charge on any atom is 0.312 e. The van der Waals surface area contributed by atoms with E-state index < -0.39 is 20.6 Å². The second-order valence-corrected chi connectivity index (χ2v) is 9.35. The molecule has 0 saturated carbocycles. The van der Waals surface area contributed by atoms with E-state index in [0.717, 1.165) is 12.5 Å². The molecule has 0 spiro atoms. The van der Waals surface area contributed by atoms with Crippen LogP contribution in [0.2, 0.25) is 0 Å². The van der Waals surface area contributed by atoms with Crippen LogP contribution in [-0.4, -0.2) is 37.8 Å². The predicted octanol–water partition coefficient (Wildman–Crippen LogP) is 4.06. The zero-order valence-corrected chi connectivity index (χ0v) is 17.4. The summed E-state index contributed by atoms with van der Waals surface area (Å²) in [7, 11) is -2.37. The lowest BCUT2D eigenvalue weighted by Gasteiger charge is -2.34. The smallest absolute Gasteiger partial charge is 0.312 e. The standard InChI is InChI=1S/C20H24N2O6S/c1-14-10-15(2)13-21(12-14)29(25,26)16-8-9-18(17(11-16)22(23)24)28-20-7-5-4-6-19(20)27-3/h4-9,11,14-15H,10,12-13H2,1-3H3/t14-,15-/m1/s1. The van der Waals surface area contributed by atoms with Crippen LogP contribution in [0.5, 0.6) is 17.2 Å². The molecule has 9 heteroatoms. The molecule has 8 nitrogen and oxygen atoms in total. The van der Waals surface area contributed by atoms with Crippen LogP contribution in [0, 0.1) is 22.0 Å². The maximum atomic E-state index is 13.1. The van der Waals surface area contributed by atoms with Gasteiger partial charge in [-0.05, 0) is 42.5 Å². The van der Waals surface area contributed by atoms with Crippen molar-refractivity contribution in [3.8, 4) is 17.2 Å². The molecule has 0 aliphatic carbocycles. The SMILES string of the molecule is COc1ccccc1Oc1ccc(S(=O)(=O)N2C[C@H](C)C[C@@H](C)C2)cc1[N+](=O)[O-]. The van der Waals surface area contributed by atoms with Gasteiger partial charge in [0.2, 0.25) is 15.8 Å². The number of nitro benzene ring substituents is 1. The van der Waals surface area contributed by atoms with Crippen molar-refractivity contribution < 1.29 is 22.8 Å². The Labute approximate surface area is 170 Å². The molecule has 3 rings (SSSR count). The molecule has 0 radical (unpaired) electrons. The van der Waals surface area contributed by atoms with Gasteiger partial charge in [0.15, 0.2) is 11.5 Å². The molecule has 1 heterocycles. The molecule has 0 amide bonds. The van der Waals surface area contributed by atoms with Gasteiger partial charge in [-0.2, -0.15) is 4.31 Å². The summed E-state index contributed by atoms with van der Waals surface area (Å²) in [5, 5.41) is 11.6. The second kappa shape index (κ2) is 8.38. The average molecular weight is 420 g/mol. The largest absolute Gasteiger partial charge is 0.493 e. The molecule has 2 aromatic carbocycles. The van der Waals surface area contributed by atoms with Gasteiger partial charge in [0.1, 0.15) is 0 Å². The van der Waals surface area contributed by atoms with Gasteiger partial charge in [-0.3, -0.25) is 10.1 Å². The summed E-state index contributed by atoms with van der Waals surface area (Å²) in [6.45, 7) is 4.81. The normalized spacial score (nSPS) is 20.2. The lowest BCUT2D eigenvalue weighted by Crippen LogP contribution is -2.42. The molecule has 1 saturated heterocycles. The van der Waals surface area contributed by atoms with Crippen molar-refractivity contribution >= 4 is 15.7 Å². The molecule has 0 aromatic heterocycles. The Bertz CT molecular complexity index is 998. The number of sulfonamides is 1. The van der Waals surface area contributed by atoms with Crippen molar-refractivity contribution in [1.82, 2.24) is 4.31 Å². The zero-order valence-electron chi connectivity index (χ0n) is 16.6. The summed E-state index contributed by atoms with van der Waals surface area (Å²) >= 11 is 0. The minimum Gasteiger partial charge on any atom is -0.493 e. The fraction of sp³-hybridized carbons (Fsp3) is 0.400. The minimum absolute atomic E-state index is 0.0566. The Morgan fingerprint density at radius 1 is 1.03 bits per heavy atom. The Kier molecular flexibility index (Phi) is 6.09. The van der Waals surface area contributed by atoms with Crippen molar-refractivity contribution in [3.63, 3.8) is 0 Å². The van der Waals surface area contributed by atoms with E-state index in [9.17, 15) is 18.5 Å². The fourth-order valence-corrected chi connectivity index (χ4v) is 5.36. The predicted molar refractivity (Wildman–Crippen MR) is 108 cm³/mol. The van der Waals surface area contributed by atoms with Gasteiger partial charge in [0.25, 0.3) is 0 Å². The molecule has 0 N–H and O–H groups in total. The number of nitro groups is 1. The highest BCUT2D eigenvalue weighted by atomic mass is 32.2. The highest BCUT2D eigenvalue weighted by molar-refractivity contribution is 7.89. The van der Waals surface area contributed by atoms with Crippen LogP contribution < -0.4 is 9.47 Å². The highest BCUT2D eigenvalue weighted by Crippen LogP contribution is 2.38. The van der Waals surface area contributed by atoms with Crippen molar-refractivity contribution in [3.05, 3.63) is 52.6 Å². The van der Waals surface area contributed by atoms with Crippen LogP contribution >= 0.6 is 0 Å². The molecule has 2 atom stereocenters. The lowest BCUT2D eigenvalue weighted by atomic mass is 9.94. The fourth-order valence-electron chi connectivity index (χ4n) is 3.66. The Balaban J connectivity index is 1.96. The van der Waals surface area contributed by atoms with Crippen LogP contribution in [0.3, 0.4) is 0 Å². The van der Waals surface area contributed by atoms with Crippen LogP contribution in [-0.2, 0) is 10.0 Å². The van der Waals surface area contributed by atoms with E-state index in [1.54, 1.807) is 24.3 Å². The van der Waals surface area contributed by atoms with Crippen molar-refractivity contribution in [1.29, 1.82) is 0 Å². The third kappa shape index (κ3) is 4.51. The number of benzene rings is 2. The molecule has 29 heavy (non-hydrogen) atoms. The van der Waals surface area contributed by atoms with E-state index in [2.05, 4.69) is 0 Å². The first-order chi connectivity index (χ1) is 13.7. The van der Waals surface area contributed by atoms with Gasteiger partial charge in [-0.15, -0.1) is 0 Å². The number of ether oxygens (including phenoxy) is 2. The molecular weight excluding hydrogens is 396 g/mol. The summed E-state index contributed by atoms with van der Waals surface area (Å²) in [6.07, 6.45) is 0.956. The summed E-state index contributed by atoms with van der Waals surface area (Å²) in [6, 6.07) is 10.5. The van der Waals surface area contributed by atoms with Crippen molar-refractivity contribution in [2.24, 2.45) is 11.8 Å². The van der Waals surface area contributed by atoms with Crippen LogP contribution in [0.25, 0.3) is 0 Å². The van der Waals surface area contributed by atoms with E-state index in [-0.39, 0.29) is 22.5 Å². The highest BCUT2D eigenvalue weighted by Gasteiger charge is 2.33. The molecule has 1 aliphatic rings. The number of nitrogens with zero attached hydrogens (tertiary/aromatic N) is 2. The Morgan fingerprint density at radius 2 is 1.66 bits per heavy atom. The van der Waals surface area contributed by atoms with E-state index in [1.807, 2.05) is 13.8 Å². The van der Waals surface area contributed by atoms with Gasteiger partial charge in [0, 0.05) is 19.2 Å². The van der Waals surface area contributed by atoms with Gasteiger partial charge >= 0.3 is 5.69 Å². The molecular formula is C20H24N2O6S. The minimum atomic E-state index is -3.84.